The number of nitrogens with zero attached hydrogens (tertiary/aromatic N) is 1. The maximum absolute atomic E-state index is 13.2. The van der Waals surface area contributed by atoms with Crippen molar-refractivity contribution in [3.05, 3.63) is 52.3 Å². The lowest BCUT2D eigenvalue weighted by Gasteiger charge is -2.11. The third kappa shape index (κ3) is 3.09. The van der Waals surface area contributed by atoms with E-state index in [1.807, 2.05) is 12.3 Å². The van der Waals surface area contributed by atoms with Crippen molar-refractivity contribution < 1.29 is 9.13 Å². The van der Waals surface area contributed by atoms with E-state index in [1.54, 1.807) is 18.2 Å². The SMILES string of the molecule is CSc1cccc(Oc2cc(F)ccc2Br)c1C#N. The van der Waals surface area contributed by atoms with Gasteiger partial charge in [0.2, 0.25) is 0 Å². The number of hydrogen-bond donors (Lipinski definition) is 0. The van der Waals surface area contributed by atoms with E-state index < -0.39 is 5.82 Å². The van der Waals surface area contributed by atoms with Gasteiger partial charge in [0.15, 0.2) is 0 Å². The molecule has 0 heterocycles. The van der Waals surface area contributed by atoms with Crippen LogP contribution in [0.5, 0.6) is 11.5 Å². The molecule has 0 N–H and O–H groups in total. The monoisotopic (exact) mass is 337 g/mol. The Morgan fingerprint density at radius 3 is 2.74 bits per heavy atom. The molecule has 0 aliphatic rings. The minimum atomic E-state index is -0.391. The van der Waals surface area contributed by atoms with E-state index in [2.05, 4.69) is 22.0 Å². The molecule has 0 unspecified atom stereocenters. The Balaban J connectivity index is 2.44. The molecular weight excluding hydrogens is 329 g/mol. The van der Waals surface area contributed by atoms with Crippen LogP contribution in [0.4, 0.5) is 4.39 Å². The summed E-state index contributed by atoms with van der Waals surface area (Å²) < 4.78 is 19.5. The van der Waals surface area contributed by atoms with Crippen molar-refractivity contribution in [3.8, 4) is 17.6 Å². The van der Waals surface area contributed by atoms with Gasteiger partial charge in [-0.2, -0.15) is 5.26 Å². The summed E-state index contributed by atoms with van der Waals surface area (Å²) in [6.07, 6.45) is 1.89. The van der Waals surface area contributed by atoms with Gasteiger partial charge < -0.3 is 4.74 Å². The second-order valence-corrected chi connectivity index (χ2v) is 5.32. The predicted molar refractivity (Wildman–Crippen MR) is 77.1 cm³/mol. The Morgan fingerprint density at radius 1 is 1.26 bits per heavy atom. The smallest absolute Gasteiger partial charge is 0.146 e. The van der Waals surface area contributed by atoms with E-state index in [-0.39, 0.29) is 0 Å². The standard InChI is InChI=1S/C14H9BrFNOS/c1-19-14-4-2-3-12(10(14)8-17)18-13-7-9(16)5-6-11(13)15/h2-7H,1H3. The van der Waals surface area contributed by atoms with Crippen LogP contribution in [0.15, 0.2) is 45.8 Å². The fraction of sp³-hybridized carbons (Fsp3) is 0.0714. The maximum atomic E-state index is 13.2. The van der Waals surface area contributed by atoms with Gasteiger partial charge in [0.1, 0.15) is 28.9 Å². The van der Waals surface area contributed by atoms with Crippen molar-refractivity contribution in [1.29, 1.82) is 5.26 Å². The van der Waals surface area contributed by atoms with Crippen LogP contribution in [-0.2, 0) is 0 Å². The number of rotatable bonds is 3. The molecule has 0 fully saturated rings. The number of nitriles is 1. The molecule has 2 nitrogen and oxygen atoms in total. The van der Waals surface area contributed by atoms with Crippen LogP contribution in [0.25, 0.3) is 0 Å². The average Bonchev–Trinajstić information content (AvgIpc) is 2.42. The molecule has 0 aliphatic carbocycles. The van der Waals surface area contributed by atoms with Crippen molar-refractivity contribution in [3.63, 3.8) is 0 Å². The Bertz CT molecular complexity index is 654. The first kappa shape index (κ1) is 13.9. The second-order valence-electron chi connectivity index (χ2n) is 3.62. The highest BCUT2D eigenvalue weighted by molar-refractivity contribution is 9.10. The predicted octanol–water partition coefficient (Wildman–Crippen LogP) is 4.97. The van der Waals surface area contributed by atoms with E-state index >= 15 is 0 Å². The highest BCUT2D eigenvalue weighted by Crippen LogP contribution is 2.34. The summed E-state index contributed by atoms with van der Waals surface area (Å²) in [5.41, 5.74) is 0.450. The van der Waals surface area contributed by atoms with Gasteiger partial charge in [-0.25, -0.2) is 4.39 Å². The van der Waals surface area contributed by atoms with Crippen LogP contribution < -0.4 is 4.74 Å². The number of benzene rings is 2. The molecule has 0 saturated carbocycles. The minimum absolute atomic E-state index is 0.342. The Hall–Kier alpha value is -1.51. The quantitative estimate of drug-likeness (QED) is 0.741. The van der Waals surface area contributed by atoms with Crippen LogP contribution >= 0.6 is 27.7 Å². The first-order valence-electron chi connectivity index (χ1n) is 5.35. The molecular formula is C14H9BrFNOS. The number of ether oxygens (including phenoxy) is 1. The highest BCUT2D eigenvalue weighted by Gasteiger charge is 2.11. The Morgan fingerprint density at radius 2 is 2.05 bits per heavy atom. The zero-order chi connectivity index (χ0) is 13.8. The van der Waals surface area contributed by atoms with E-state index in [4.69, 9.17) is 4.74 Å². The van der Waals surface area contributed by atoms with Gasteiger partial charge in [-0.15, -0.1) is 11.8 Å². The molecule has 2 rings (SSSR count). The zero-order valence-corrected chi connectivity index (χ0v) is 12.4. The van der Waals surface area contributed by atoms with E-state index in [0.29, 0.717) is 21.5 Å². The van der Waals surface area contributed by atoms with E-state index in [0.717, 1.165) is 4.90 Å². The Kier molecular flexibility index (Phi) is 4.46. The summed E-state index contributed by atoms with van der Waals surface area (Å²) in [5.74, 6) is 0.369. The summed E-state index contributed by atoms with van der Waals surface area (Å²) in [4.78, 5) is 0.826. The molecule has 0 spiro atoms. The van der Waals surface area contributed by atoms with Crippen molar-refractivity contribution >= 4 is 27.7 Å². The minimum Gasteiger partial charge on any atom is -0.455 e. The van der Waals surface area contributed by atoms with Crippen LogP contribution in [0, 0.1) is 17.1 Å². The van der Waals surface area contributed by atoms with Gasteiger partial charge in [-0.1, -0.05) is 6.07 Å². The summed E-state index contributed by atoms with van der Waals surface area (Å²) in [7, 11) is 0. The van der Waals surface area contributed by atoms with E-state index in [1.165, 1.54) is 23.9 Å². The fourth-order valence-corrected chi connectivity index (χ4v) is 2.44. The summed E-state index contributed by atoms with van der Waals surface area (Å²) in [6, 6.07) is 11.6. The lowest BCUT2D eigenvalue weighted by atomic mass is 10.2. The van der Waals surface area contributed by atoms with Crippen LogP contribution in [0.2, 0.25) is 0 Å². The molecule has 2 aromatic rings. The molecule has 0 bridgehead atoms. The van der Waals surface area contributed by atoms with Crippen LogP contribution in [-0.4, -0.2) is 6.26 Å². The van der Waals surface area contributed by atoms with Gasteiger partial charge in [0.25, 0.3) is 0 Å². The summed E-state index contributed by atoms with van der Waals surface area (Å²) in [6.45, 7) is 0. The molecule has 2 aromatic carbocycles. The summed E-state index contributed by atoms with van der Waals surface area (Å²) in [5, 5.41) is 9.20. The van der Waals surface area contributed by atoms with Crippen LogP contribution in [0.1, 0.15) is 5.56 Å². The summed E-state index contributed by atoms with van der Waals surface area (Å²) >= 11 is 4.75. The van der Waals surface area contributed by atoms with Crippen LogP contribution in [0.3, 0.4) is 0 Å². The fourth-order valence-electron chi connectivity index (χ4n) is 1.55. The van der Waals surface area contributed by atoms with Crippen molar-refractivity contribution in [2.75, 3.05) is 6.26 Å². The molecule has 0 aromatic heterocycles. The highest BCUT2D eigenvalue weighted by atomic mass is 79.9. The van der Waals surface area contributed by atoms with Gasteiger partial charge >= 0.3 is 0 Å². The molecule has 0 radical (unpaired) electrons. The molecule has 19 heavy (non-hydrogen) atoms. The lowest BCUT2D eigenvalue weighted by Crippen LogP contribution is -1.91. The average molecular weight is 338 g/mol. The van der Waals surface area contributed by atoms with E-state index in [9.17, 15) is 9.65 Å². The Labute approximate surface area is 123 Å². The molecule has 0 saturated heterocycles. The first-order chi connectivity index (χ1) is 9.15. The normalized spacial score (nSPS) is 10.0. The largest absolute Gasteiger partial charge is 0.455 e. The van der Waals surface area contributed by atoms with Crippen molar-refractivity contribution in [2.24, 2.45) is 0 Å². The van der Waals surface area contributed by atoms with Gasteiger partial charge in [0, 0.05) is 11.0 Å². The molecule has 0 amide bonds. The lowest BCUT2D eigenvalue weighted by molar-refractivity contribution is 0.471. The third-order valence-electron chi connectivity index (χ3n) is 2.43. The second kappa shape index (κ2) is 6.09. The molecule has 0 atom stereocenters. The van der Waals surface area contributed by atoms with Gasteiger partial charge in [0.05, 0.1) is 4.47 Å². The topological polar surface area (TPSA) is 33.0 Å². The number of hydrogen-bond acceptors (Lipinski definition) is 3. The number of halogens is 2. The third-order valence-corrected chi connectivity index (χ3v) is 3.87. The first-order valence-corrected chi connectivity index (χ1v) is 7.37. The van der Waals surface area contributed by atoms with Crippen molar-refractivity contribution in [2.45, 2.75) is 4.90 Å². The maximum Gasteiger partial charge on any atom is 0.146 e. The van der Waals surface area contributed by atoms with Crippen molar-refractivity contribution in [1.82, 2.24) is 0 Å². The zero-order valence-electron chi connectivity index (χ0n) is 9.98. The molecule has 96 valence electrons. The van der Waals surface area contributed by atoms with Gasteiger partial charge in [-0.05, 0) is 46.5 Å². The van der Waals surface area contributed by atoms with Gasteiger partial charge in [-0.3, -0.25) is 0 Å². The molecule has 0 aliphatic heterocycles. The number of thioether (sulfide) groups is 1. The molecule has 5 heteroatoms.